The van der Waals surface area contributed by atoms with Crippen LogP contribution < -0.4 is 5.32 Å². The number of halogens is 1. The zero-order chi connectivity index (χ0) is 13.7. The van der Waals surface area contributed by atoms with Gasteiger partial charge >= 0.3 is 0 Å². The van der Waals surface area contributed by atoms with Gasteiger partial charge in [-0.25, -0.2) is 4.39 Å². The van der Waals surface area contributed by atoms with Crippen LogP contribution in [-0.2, 0) is 6.54 Å². The van der Waals surface area contributed by atoms with Crippen LogP contribution in [0.25, 0.3) is 0 Å². The van der Waals surface area contributed by atoms with Crippen molar-refractivity contribution in [1.29, 1.82) is 0 Å². The van der Waals surface area contributed by atoms with Crippen molar-refractivity contribution >= 4 is 0 Å². The van der Waals surface area contributed by atoms with Gasteiger partial charge in [-0.05, 0) is 43.2 Å². The molecule has 0 radical (unpaired) electrons. The number of pyridine rings is 1. The molecule has 1 heterocycles. The van der Waals surface area contributed by atoms with E-state index in [0.717, 1.165) is 23.4 Å². The van der Waals surface area contributed by atoms with Crippen LogP contribution in [0, 0.1) is 12.7 Å². The second-order valence-electron chi connectivity index (χ2n) is 4.67. The summed E-state index contributed by atoms with van der Waals surface area (Å²) in [6.45, 7) is 4.76. The standard InChI is InChI=1S/C16H19FN2/c1-3-16(13-7-5-8-14(17)10-13)18-11-15-9-4-6-12(2)19-15/h4-10,16,18H,3,11H2,1-2H3. The SMILES string of the molecule is CCC(NCc1cccc(C)n1)c1cccc(F)c1. The summed E-state index contributed by atoms with van der Waals surface area (Å²) in [7, 11) is 0. The van der Waals surface area contributed by atoms with E-state index in [1.165, 1.54) is 6.07 Å². The second-order valence-corrected chi connectivity index (χ2v) is 4.67. The first-order valence-corrected chi connectivity index (χ1v) is 6.60. The van der Waals surface area contributed by atoms with Gasteiger partial charge in [0, 0.05) is 18.3 Å². The van der Waals surface area contributed by atoms with E-state index in [1.807, 2.05) is 31.2 Å². The van der Waals surface area contributed by atoms with Crippen LogP contribution >= 0.6 is 0 Å². The highest BCUT2D eigenvalue weighted by Crippen LogP contribution is 2.17. The molecule has 1 aromatic carbocycles. The van der Waals surface area contributed by atoms with Crippen LogP contribution in [0.5, 0.6) is 0 Å². The molecule has 1 unspecified atom stereocenters. The van der Waals surface area contributed by atoms with Gasteiger partial charge in [-0.15, -0.1) is 0 Å². The van der Waals surface area contributed by atoms with Gasteiger partial charge in [0.15, 0.2) is 0 Å². The molecule has 2 rings (SSSR count). The molecule has 2 aromatic rings. The Bertz CT molecular complexity index is 540. The summed E-state index contributed by atoms with van der Waals surface area (Å²) in [5, 5.41) is 3.43. The maximum absolute atomic E-state index is 13.2. The highest BCUT2D eigenvalue weighted by atomic mass is 19.1. The molecule has 0 bridgehead atoms. The van der Waals surface area contributed by atoms with Crippen LogP contribution in [0.3, 0.4) is 0 Å². The minimum Gasteiger partial charge on any atom is -0.304 e. The van der Waals surface area contributed by atoms with Gasteiger partial charge < -0.3 is 5.32 Å². The molecule has 0 saturated heterocycles. The Morgan fingerprint density at radius 2 is 2.00 bits per heavy atom. The summed E-state index contributed by atoms with van der Waals surface area (Å²) in [5.74, 6) is -0.188. The van der Waals surface area contributed by atoms with Crippen LogP contribution in [0.4, 0.5) is 4.39 Å². The van der Waals surface area contributed by atoms with Gasteiger partial charge in [0.05, 0.1) is 5.69 Å². The number of nitrogens with one attached hydrogen (secondary N) is 1. The van der Waals surface area contributed by atoms with Gasteiger partial charge in [0.25, 0.3) is 0 Å². The number of aryl methyl sites for hydroxylation is 1. The van der Waals surface area contributed by atoms with Crippen molar-refractivity contribution in [3.05, 3.63) is 65.2 Å². The van der Waals surface area contributed by atoms with Gasteiger partial charge in [-0.1, -0.05) is 25.1 Å². The molecule has 3 heteroatoms. The van der Waals surface area contributed by atoms with E-state index in [1.54, 1.807) is 12.1 Å². The Kier molecular flexibility index (Phi) is 4.63. The van der Waals surface area contributed by atoms with Gasteiger partial charge in [0.2, 0.25) is 0 Å². The Balaban J connectivity index is 2.04. The average molecular weight is 258 g/mol. The molecule has 1 aromatic heterocycles. The van der Waals surface area contributed by atoms with Gasteiger partial charge in [-0.2, -0.15) is 0 Å². The normalized spacial score (nSPS) is 12.4. The maximum atomic E-state index is 13.2. The van der Waals surface area contributed by atoms with Gasteiger partial charge in [-0.3, -0.25) is 4.98 Å². The van der Waals surface area contributed by atoms with Crippen molar-refractivity contribution in [2.75, 3.05) is 0 Å². The van der Waals surface area contributed by atoms with E-state index in [9.17, 15) is 4.39 Å². The molecule has 0 aliphatic rings. The van der Waals surface area contributed by atoms with E-state index >= 15 is 0 Å². The molecular formula is C16H19FN2. The molecule has 0 saturated carbocycles. The lowest BCUT2D eigenvalue weighted by molar-refractivity contribution is 0.509. The van der Waals surface area contributed by atoms with E-state index < -0.39 is 0 Å². The third-order valence-corrected chi connectivity index (χ3v) is 3.13. The van der Waals surface area contributed by atoms with Crippen molar-refractivity contribution in [3.63, 3.8) is 0 Å². The van der Waals surface area contributed by atoms with E-state index in [2.05, 4.69) is 17.2 Å². The van der Waals surface area contributed by atoms with Gasteiger partial charge in [0.1, 0.15) is 5.82 Å². The lowest BCUT2D eigenvalue weighted by Gasteiger charge is -2.17. The van der Waals surface area contributed by atoms with Crippen molar-refractivity contribution in [1.82, 2.24) is 10.3 Å². The fourth-order valence-electron chi connectivity index (χ4n) is 2.15. The number of benzene rings is 1. The second kappa shape index (κ2) is 6.43. The number of aromatic nitrogens is 1. The fraction of sp³-hybridized carbons (Fsp3) is 0.312. The fourth-order valence-corrected chi connectivity index (χ4v) is 2.15. The maximum Gasteiger partial charge on any atom is 0.123 e. The lowest BCUT2D eigenvalue weighted by Crippen LogP contribution is -2.21. The molecule has 0 amide bonds. The highest BCUT2D eigenvalue weighted by molar-refractivity contribution is 5.20. The average Bonchev–Trinajstić information content (AvgIpc) is 2.40. The number of rotatable bonds is 5. The molecule has 19 heavy (non-hydrogen) atoms. The Labute approximate surface area is 113 Å². The summed E-state index contributed by atoms with van der Waals surface area (Å²) in [5.41, 5.74) is 3.00. The summed E-state index contributed by atoms with van der Waals surface area (Å²) in [6.07, 6.45) is 0.912. The Morgan fingerprint density at radius 1 is 1.21 bits per heavy atom. The van der Waals surface area contributed by atoms with E-state index in [-0.39, 0.29) is 11.9 Å². The number of hydrogen-bond acceptors (Lipinski definition) is 2. The molecule has 0 aliphatic heterocycles. The highest BCUT2D eigenvalue weighted by Gasteiger charge is 2.09. The first-order valence-electron chi connectivity index (χ1n) is 6.60. The van der Waals surface area contributed by atoms with Crippen LogP contribution in [0.2, 0.25) is 0 Å². The summed E-state index contributed by atoms with van der Waals surface area (Å²) in [6, 6.07) is 12.9. The molecule has 100 valence electrons. The van der Waals surface area contributed by atoms with Crippen molar-refractivity contribution < 1.29 is 4.39 Å². The predicted molar refractivity (Wildman–Crippen MR) is 75.2 cm³/mol. The van der Waals surface area contributed by atoms with E-state index in [4.69, 9.17) is 0 Å². The third-order valence-electron chi connectivity index (χ3n) is 3.13. The quantitative estimate of drug-likeness (QED) is 0.883. The minimum absolute atomic E-state index is 0.151. The molecule has 0 spiro atoms. The van der Waals surface area contributed by atoms with Crippen LogP contribution in [-0.4, -0.2) is 4.98 Å². The van der Waals surface area contributed by atoms with Crippen molar-refractivity contribution in [3.8, 4) is 0 Å². The van der Waals surface area contributed by atoms with Crippen LogP contribution in [0.15, 0.2) is 42.5 Å². The zero-order valence-electron chi connectivity index (χ0n) is 11.4. The molecule has 2 nitrogen and oxygen atoms in total. The monoisotopic (exact) mass is 258 g/mol. The molecule has 1 N–H and O–H groups in total. The smallest absolute Gasteiger partial charge is 0.123 e. The molecular weight excluding hydrogens is 239 g/mol. The predicted octanol–water partition coefficient (Wildman–Crippen LogP) is 3.77. The number of nitrogens with zero attached hydrogens (tertiary/aromatic N) is 1. The number of hydrogen-bond donors (Lipinski definition) is 1. The first kappa shape index (κ1) is 13.7. The van der Waals surface area contributed by atoms with Crippen molar-refractivity contribution in [2.45, 2.75) is 32.9 Å². The summed E-state index contributed by atoms with van der Waals surface area (Å²) < 4.78 is 13.2. The molecule has 1 atom stereocenters. The zero-order valence-corrected chi connectivity index (χ0v) is 11.4. The minimum atomic E-state index is -0.188. The summed E-state index contributed by atoms with van der Waals surface area (Å²) >= 11 is 0. The third kappa shape index (κ3) is 3.86. The van der Waals surface area contributed by atoms with E-state index in [0.29, 0.717) is 6.54 Å². The largest absolute Gasteiger partial charge is 0.304 e. The van der Waals surface area contributed by atoms with Crippen molar-refractivity contribution in [2.24, 2.45) is 0 Å². The Hall–Kier alpha value is -1.74. The summed E-state index contributed by atoms with van der Waals surface area (Å²) in [4.78, 5) is 4.45. The first-order chi connectivity index (χ1) is 9.19. The molecule has 0 aliphatic carbocycles. The lowest BCUT2D eigenvalue weighted by atomic mass is 10.0. The topological polar surface area (TPSA) is 24.9 Å². The molecule has 0 fully saturated rings. The Morgan fingerprint density at radius 3 is 2.68 bits per heavy atom. The van der Waals surface area contributed by atoms with Crippen LogP contribution in [0.1, 0.15) is 36.3 Å².